The molecule has 3 heteroatoms. The number of hydrogen-bond acceptors (Lipinski definition) is 3. The van der Waals surface area contributed by atoms with E-state index in [2.05, 4.69) is 4.98 Å². The quantitative estimate of drug-likeness (QED) is 0.708. The van der Waals surface area contributed by atoms with Crippen LogP contribution in [0.2, 0.25) is 0 Å². The topological polar surface area (TPSA) is 39.2 Å². The van der Waals surface area contributed by atoms with Gasteiger partial charge in [0.05, 0.1) is 12.8 Å². The highest BCUT2D eigenvalue weighted by molar-refractivity contribution is 6.00. The highest BCUT2D eigenvalue weighted by Crippen LogP contribution is 2.26. The zero-order valence-corrected chi connectivity index (χ0v) is 11.1. The zero-order chi connectivity index (χ0) is 12.9. The lowest BCUT2D eigenvalue weighted by molar-refractivity contribution is 0.0832. The van der Waals surface area contributed by atoms with E-state index in [0.29, 0.717) is 17.9 Å². The molecule has 0 aromatic carbocycles. The van der Waals surface area contributed by atoms with Crippen LogP contribution < -0.4 is 4.74 Å². The van der Waals surface area contributed by atoms with Gasteiger partial charge in [0.1, 0.15) is 5.75 Å². The lowest BCUT2D eigenvalue weighted by Crippen LogP contribution is -2.23. The lowest BCUT2D eigenvalue weighted by Gasteiger charge is -2.20. The number of ketones is 1. The van der Waals surface area contributed by atoms with E-state index in [4.69, 9.17) is 4.74 Å². The summed E-state index contributed by atoms with van der Waals surface area (Å²) in [5.41, 5.74) is 0.288. The van der Waals surface area contributed by atoms with Crippen LogP contribution in [-0.2, 0) is 0 Å². The summed E-state index contributed by atoms with van der Waals surface area (Å²) in [6.45, 7) is 8.62. The number of aromatic nitrogens is 1. The largest absolute Gasteiger partial charge is 0.492 e. The molecule has 1 heterocycles. The standard InChI is InChI=1S/C14H21NO2/c1-5-7-17-12-8-11(9-15-10-12)13(16)14(3,4)6-2/h8-10H,5-7H2,1-4H3. The molecule has 0 atom stereocenters. The first-order valence-electron chi connectivity index (χ1n) is 6.14. The molecule has 0 fully saturated rings. The fraction of sp³-hybridized carbons (Fsp3) is 0.571. The molecule has 0 aliphatic carbocycles. The minimum absolute atomic E-state index is 0.120. The van der Waals surface area contributed by atoms with Crippen LogP contribution in [0.25, 0.3) is 0 Å². The number of pyridine rings is 1. The van der Waals surface area contributed by atoms with E-state index in [9.17, 15) is 4.79 Å². The average molecular weight is 235 g/mol. The summed E-state index contributed by atoms with van der Waals surface area (Å²) in [6, 6.07) is 1.78. The average Bonchev–Trinajstić information content (AvgIpc) is 2.35. The summed E-state index contributed by atoms with van der Waals surface area (Å²) in [4.78, 5) is 16.3. The van der Waals surface area contributed by atoms with Gasteiger partial charge in [-0.05, 0) is 18.9 Å². The second kappa shape index (κ2) is 5.80. The Balaban J connectivity index is 2.88. The van der Waals surface area contributed by atoms with Crippen molar-refractivity contribution >= 4 is 5.78 Å². The minimum atomic E-state index is -0.342. The smallest absolute Gasteiger partial charge is 0.170 e. The third-order valence-corrected chi connectivity index (χ3v) is 2.95. The van der Waals surface area contributed by atoms with Gasteiger partial charge in [-0.15, -0.1) is 0 Å². The molecular weight excluding hydrogens is 214 g/mol. The van der Waals surface area contributed by atoms with Crippen LogP contribution in [0.4, 0.5) is 0 Å². The number of ether oxygens (including phenoxy) is 1. The Hall–Kier alpha value is -1.38. The van der Waals surface area contributed by atoms with E-state index in [1.54, 1.807) is 18.5 Å². The highest BCUT2D eigenvalue weighted by atomic mass is 16.5. The molecule has 94 valence electrons. The third-order valence-electron chi connectivity index (χ3n) is 2.95. The number of carbonyl (C=O) groups excluding carboxylic acids is 1. The fourth-order valence-electron chi connectivity index (χ4n) is 1.39. The molecule has 17 heavy (non-hydrogen) atoms. The van der Waals surface area contributed by atoms with Gasteiger partial charge in [-0.1, -0.05) is 27.7 Å². The van der Waals surface area contributed by atoms with Crippen molar-refractivity contribution in [3.8, 4) is 5.75 Å². The van der Waals surface area contributed by atoms with E-state index in [1.807, 2.05) is 27.7 Å². The van der Waals surface area contributed by atoms with Crippen molar-refractivity contribution in [1.82, 2.24) is 4.98 Å². The fourth-order valence-corrected chi connectivity index (χ4v) is 1.39. The van der Waals surface area contributed by atoms with E-state index in [0.717, 1.165) is 12.8 Å². The Labute approximate surface area is 103 Å². The van der Waals surface area contributed by atoms with Crippen LogP contribution in [0.1, 0.15) is 50.9 Å². The first-order chi connectivity index (χ1) is 8.01. The highest BCUT2D eigenvalue weighted by Gasteiger charge is 2.26. The summed E-state index contributed by atoms with van der Waals surface area (Å²) in [7, 11) is 0. The van der Waals surface area contributed by atoms with Gasteiger partial charge in [-0.3, -0.25) is 9.78 Å². The Morgan fingerprint density at radius 3 is 2.65 bits per heavy atom. The van der Waals surface area contributed by atoms with Gasteiger partial charge < -0.3 is 4.74 Å². The van der Waals surface area contributed by atoms with Crippen LogP contribution in [0.15, 0.2) is 18.5 Å². The van der Waals surface area contributed by atoms with Gasteiger partial charge in [-0.2, -0.15) is 0 Å². The number of carbonyl (C=O) groups is 1. The second-order valence-electron chi connectivity index (χ2n) is 4.82. The molecule has 1 rings (SSSR count). The number of nitrogens with zero attached hydrogens (tertiary/aromatic N) is 1. The van der Waals surface area contributed by atoms with Gasteiger partial charge in [0, 0.05) is 17.2 Å². The van der Waals surface area contributed by atoms with E-state index < -0.39 is 0 Å². The van der Waals surface area contributed by atoms with Crippen molar-refractivity contribution in [2.24, 2.45) is 5.41 Å². The monoisotopic (exact) mass is 235 g/mol. The van der Waals surface area contributed by atoms with Crippen molar-refractivity contribution in [1.29, 1.82) is 0 Å². The van der Waals surface area contributed by atoms with E-state index in [-0.39, 0.29) is 11.2 Å². The normalized spacial score (nSPS) is 11.3. The predicted octanol–water partition coefficient (Wildman–Crippen LogP) is 3.49. The molecule has 1 aromatic heterocycles. The second-order valence-corrected chi connectivity index (χ2v) is 4.82. The first kappa shape index (κ1) is 13.7. The Bertz CT molecular complexity index is 386. The SMILES string of the molecule is CCCOc1cncc(C(=O)C(C)(C)CC)c1. The van der Waals surface area contributed by atoms with E-state index in [1.165, 1.54) is 0 Å². The van der Waals surface area contributed by atoms with Gasteiger partial charge in [0.15, 0.2) is 5.78 Å². The maximum absolute atomic E-state index is 12.2. The van der Waals surface area contributed by atoms with Crippen LogP contribution >= 0.6 is 0 Å². The molecule has 0 aliphatic heterocycles. The van der Waals surface area contributed by atoms with Crippen molar-refractivity contribution in [2.45, 2.75) is 40.5 Å². The molecule has 0 radical (unpaired) electrons. The molecule has 0 spiro atoms. The van der Waals surface area contributed by atoms with E-state index >= 15 is 0 Å². The molecule has 0 saturated carbocycles. The molecule has 0 aliphatic rings. The van der Waals surface area contributed by atoms with Crippen molar-refractivity contribution in [3.05, 3.63) is 24.0 Å². The van der Waals surface area contributed by atoms with Gasteiger partial charge in [0.2, 0.25) is 0 Å². The van der Waals surface area contributed by atoms with Crippen LogP contribution in [0.5, 0.6) is 5.75 Å². The van der Waals surface area contributed by atoms with Gasteiger partial charge in [-0.25, -0.2) is 0 Å². The maximum Gasteiger partial charge on any atom is 0.170 e. The Morgan fingerprint density at radius 1 is 1.35 bits per heavy atom. The number of rotatable bonds is 6. The van der Waals surface area contributed by atoms with Crippen molar-refractivity contribution < 1.29 is 9.53 Å². The summed E-state index contributed by atoms with van der Waals surface area (Å²) in [6.07, 6.45) is 5.01. The van der Waals surface area contributed by atoms with Crippen LogP contribution in [-0.4, -0.2) is 17.4 Å². The third kappa shape index (κ3) is 3.55. The number of Topliss-reactive ketones (excluding diaryl/α,β-unsaturated/α-hetero) is 1. The van der Waals surface area contributed by atoms with Gasteiger partial charge >= 0.3 is 0 Å². The summed E-state index contributed by atoms with van der Waals surface area (Å²) >= 11 is 0. The maximum atomic E-state index is 12.2. The summed E-state index contributed by atoms with van der Waals surface area (Å²) in [5.74, 6) is 0.791. The van der Waals surface area contributed by atoms with Crippen molar-refractivity contribution in [3.63, 3.8) is 0 Å². The molecule has 0 amide bonds. The molecule has 0 bridgehead atoms. The summed E-state index contributed by atoms with van der Waals surface area (Å²) < 4.78 is 5.48. The van der Waals surface area contributed by atoms with Crippen molar-refractivity contribution in [2.75, 3.05) is 6.61 Å². The predicted molar refractivity (Wildman–Crippen MR) is 68.4 cm³/mol. The number of hydrogen-bond donors (Lipinski definition) is 0. The van der Waals surface area contributed by atoms with Gasteiger partial charge in [0.25, 0.3) is 0 Å². The zero-order valence-electron chi connectivity index (χ0n) is 11.1. The molecule has 1 aromatic rings. The molecule has 0 saturated heterocycles. The molecule has 3 nitrogen and oxygen atoms in total. The lowest BCUT2D eigenvalue weighted by atomic mass is 9.82. The van der Waals surface area contributed by atoms with Crippen LogP contribution in [0, 0.1) is 5.41 Å². The minimum Gasteiger partial charge on any atom is -0.492 e. The summed E-state index contributed by atoms with van der Waals surface area (Å²) in [5, 5.41) is 0. The molecule has 0 N–H and O–H groups in total. The Morgan fingerprint density at radius 2 is 2.06 bits per heavy atom. The Kier molecular flexibility index (Phi) is 4.67. The van der Waals surface area contributed by atoms with Crippen LogP contribution in [0.3, 0.4) is 0 Å². The molecule has 0 unspecified atom stereocenters. The first-order valence-corrected chi connectivity index (χ1v) is 6.14. The molecular formula is C14H21NO2.